The average Bonchev–Trinajstić information content (AvgIpc) is 3.13. The van der Waals surface area contributed by atoms with E-state index in [9.17, 15) is 15.0 Å². The minimum absolute atomic E-state index is 0.0876. The van der Waals surface area contributed by atoms with Crippen LogP contribution < -0.4 is 5.32 Å². The van der Waals surface area contributed by atoms with Gasteiger partial charge >= 0.3 is 0 Å². The van der Waals surface area contributed by atoms with E-state index in [2.05, 4.69) is 67.8 Å². The van der Waals surface area contributed by atoms with Gasteiger partial charge in [0.1, 0.15) is 0 Å². The minimum Gasteiger partial charge on any atom is -0.394 e. The second-order valence-electron chi connectivity index (χ2n) is 14.7. The molecular weight excluding hydrogens is 627 g/mol. The summed E-state index contributed by atoms with van der Waals surface area (Å²) in [5.74, 6) is -0.0876. The van der Waals surface area contributed by atoms with E-state index in [-0.39, 0.29) is 12.5 Å². The molecule has 0 aliphatic rings. The predicted octanol–water partition coefficient (Wildman–Crippen LogP) is 13.7. The van der Waals surface area contributed by atoms with Gasteiger partial charge in [-0.2, -0.15) is 0 Å². The number of amides is 1. The smallest absolute Gasteiger partial charge is 0.220 e. The molecule has 0 aromatic carbocycles. The highest BCUT2D eigenvalue weighted by atomic mass is 16.3. The zero-order valence-electron chi connectivity index (χ0n) is 33.9. The van der Waals surface area contributed by atoms with E-state index in [4.69, 9.17) is 0 Å². The van der Waals surface area contributed by atoms with Crippen LogP contribution in [0.5, 0.6) is 0 Å². The van der Waals surface area contributed by atoms with Crippen molar-refractivity contribution in [3.8, 4) is 0 Å². The van der Waals surface area contributed by atoms with Crippen LogP contribution >= 0.6 is 0 Å². The fraction of sp³-hybridized carbons (Fsp3) is 0.766. The highest BCUT2D eigenvalue weighted by molar-refractivity contribution is 5.76. The Bertz CT molecular complexity index is 858. The molecule has 4 heteroatoms. The van der Waals surface area contributed by atoms with Gasteiger partial charge in [-0.3, -0.25) is 4.79 Å². The maximum absolute atomic E-state index is 12.4. The van der Waals surface area contributed by atoms with E-state index in [0.717, 1.165) is 51.4 Å². The summed E-state index contributed by atoms with van der Waals surface area (Å²) in [6, 6.07) is -0.651. The number of unbranched alkanes of at least 4 members (excludes halogenated alkanes) is 24. The Morgan fingerprint density at radius 1 is 0.471 bits per heavy atom. The summed E-state index contributed by atoms with van der Waals surface area (Å²) in [7, 11) is 0. The van der Waals surface area contributed by atoms with E-state index in [0.29, 0.717) is 6.42 Å². The molecule has 0 heterocycles. The molecule has 1 amide bonds. The first kappa shape index (κ1) is 49.1. The van der Waals surface area contributed by atoms with Gasteiger partial charge in [0.15, 0.2) is 0 Å². The number of nitrogens with one attached hydrogen (secondary N) is 1. The molecule has 0 aromatic heterocycles. The summed E-state index contributed by atoms with van der Waals surface area (Å²) >= 11 is 0. The van der Waals surface area contributed by atoms with Crippen molar-refractivity contribution in [1.82, 2.24) is 5.32 Å². The summed E-state index contributed by atoms with van der Waals surface area (Å²) in [5.41, 5.74) is 0. The first-order chi connectivity index (χ1) is 25.2. The fourth-order valence-corrected chi connectivity index (χ4v) is 6.30. The summed E-state index contributed by atoms with van der Waals surface area (Å²) in [6.45, 7) is 4.27. The van der Waals surface area contributed by atoms with Gasteiger partial charge in [-0.05, 0) is 77.0 Å². The topological polar surface area (TPSA) is 69.6 Å². The van der Waals surface area contributed by atoms with Crippen LogP contribution in [-0.2, 0) is 4.79 Å². The third kappa shape index (κ3) is 39.1. The molecule has 0 saturated heterocycles. The van der Waals surface area contributed by atoms with Crippen LogP contribution in [0.25, 0.3) is 0 Å². The SMILES string of the molecule is CCCCCC/C=C\C/C=C\CCCCCCCCCC(=O)NC(CO)C(O)/C=C/CC/C=C/CC/C=C/CCCCCCCCCCCCC. The van der Waals surface area contributed by atoms with Crippen LogP contribution in [0.2, 0.25) is 0 Å². The van der Waals surface area contributed by atoms with E-state index in [1.807, 2.05) is 6.08 Å². The lowest BCUT2D eigenvalue weighted by molar-refractivity contribution is -0.123. The summed E-state index contributed by atoms with van der Waals surface area (Å²) in [5, 5.41) is 23.0. The van der Waals surface area contributed by atoms with Crippen molar-refractivity contribution in [3.05, 3.63) is 60.8 Å². The van der Waals surface area contributed by atoms with Gasteiger partial charge in [0, 0.05) is 6.42 Å². The second kappa shape index (κ2) is 42.5. The van der Waals surface area contributed by atoms with E-state index < -0.39 is 12.1 Å². The van der Waals surface area contributed by atoms with E-state index in [1.54, 1.807) is 6.08 Å². The molecule has 0 saturated carbocycles. The van der Waals surface area contributed by atoms with Gasteiger partial charge in [-0.1, -0.05) is 190 Å². The minimum atomic E-state index is -0.875. The monoisotopic (exact) mass is 712 g/mol. The molecule has 0 rings (SSSR count). The Labute approximate surface area is 317 Å². The van der Waals surface area contributed by atoms with Crippen molar-refractivity contribution in [2.45, 2.75) is 225 Å². The molecule has 0 fully saturated rings. The van der Waals surface area contributed by atoms with Crippen molar-refractivity contribution >= 4 is 5.91 Å². The Kier molecular flexibility index (Phi) is 40.9. The molecule has 2 atom stereocenters. The summed E-state index contributed by atoms with van der Waals surface area (Å²) in [4.78, 5) is 12.4. The molecule has 2 unspecified atom stereocenters. The maximum atomic E-state index is 12.4. The standard InChI is InChI=1S/C47H85NO3/c1-3-5-7-9-11-13-15-17-19-21-23-24-25-26-28-30-32-34-36-38-40-42-46(50)45(44-49)48-47(51)43-41-39-37-35-33-31-29-27-22-20-18-16-14-12-10-8-6-4-2/h14,16,20,22,25-26,32,34,40,42,45-46,49-50H,3-13,15,17-19,21,23-24,27-31,33,35-39,41,43-44H2,1-2H3,(H,48,51)/b16-14-,22-20-,26-25+,34-32+,42-40+. The van der Waals surface area contributed by atoms with Crippen LogP contribution in [0, 0.1) is 0 Å². The molecule has 0 radical (unpaired) electrons. The first-order valence-electron chi connectivity index (χ1n) is 22.0. The number of rotatable bonds is 39. The Morgan fingerprint density at radius 2 is 0.824 bits per heavy atom. The van der Waals surface area contributed by atoms with Crippen molar-refractivity contribution < 1.29 is 15.0 Å². The average molecular weight is 712 g/mol. The number of hydrogen-bond acceptors (Lipinski definition) is 3. The molecule has 296 valence electrons. The number of hydrogen-bond donors (Lipinski definition) is 3. The predicted molar refractivity (Wildman–Crippen MR) is 225 cm³/mol. The van der Waals surface area contributed by atoms with Gasteiger partial charge in [-0.15, -0.1) is 0 Å². The highest BCUT2D eigenvalue weighted by Gasteiger charge is 2.17. The lowest BCUT2D eigenvalue weighted by Crippen LogP contribution is -2.45. The van der Waals surface area contributed by atoms with Crippen molar-refractivity contribution in [2.75, 3.05) is 6.61 Å². The van der Waals surface area contributed by atoms with Gasteiger partial charge in [0.05, 0.1) is 18.8 Å². The lowest BCUT2D eigenvalue weighted by atomic mass is 10.1. The molecule has 4 nitrogen and oxygen atoms in total. The van der Waals surface area contributed by atoms with E-state index in [1.165, 1.54) is 141 Å². The van der Waals surface area contributed by atoms with Crippen molar-refractivity contribution in [2.24, 2.45) is 0 Å². The molecule has 0 aromatic rings. The molecule has 0 spiro atoms. The third-order valence-electron chi connectivity index (χ3n) is 9.70. The molecule has 51 heavy (non-hydrogen) atoms. The largest absolute Gasteiger partial charge is 0.394 e. The van der Waals surface area contributed by atoms with Crippen LogP contribution in [0.3, 0.4) is 0 Å². The third-order valence-corrected chi connectivity index (χ3v) is 9.70. The van der Waals surface area contributed by atoms with Crippen LogP contribution in [-0.4, -0.2) is 34.9 Å². The highest BCUT2D eigenvalue weighted by Crippen LogP contribution is 2.13. The number of aliphatic hydroxyl groups excluding tert-OH is 2. The lowest BCUT2D eigenvalue weighted by Gasteiger charge is -2.19. The number of carbonyl (C=O) groups is 1. The number of carbonyl (C=O) groups excluding carboxylic acids is 1. The first-order valence-corrected chi connectivity index (χ1v) is 22.0. The Morgan fingerprint density at radius 3 is 1.27 bits per heavy atom. The molecule has 0 bridgehead atoms. The zero-order chi connectivity index (χ0) is 37.1. The van der Waals surface area contributed by atoms with Crippen LogP contribution in [0.1, 0.15) is 213 Å². The molecular formula is C47H85NO3. The molecule has 3 N–H and O–H groups in total. The van der Waals surface area contributed by atoms with E-state index >= 15 is 0 Å². The van der Waals surface area contributed by atoms with Gasteiger partial charge in [0.25, 0.3) is 0 Å². The quantitative estimate of drug-likeness (QED) is 0.0439. The summed E-state index contributed by atoms with van der Waals surface area (Å²) in [6.07, 6.45) is 59.0. The Balaban J connectivity index is 3.68. The fourth-order valence-electron chi connectivity index (χ4n) is 6.30. The normalized spacial score (nSPS) is 13.6. The van der Waals surface area contributed by atoms with Gasteiger partial charge in [-0.25, -0.2) is 0 Å². The molecule has 0 aliphatic heterocycles. The maximum Gasteiger partial charge on any atom is 0.220 e. The number of aliphatic hydroxyl groups is 2. The summed E-state index contributed by atoms with van der Waals surface area (Å²) < 4.78 is 0. The van der Waals surface area contributed by atoms with Gasteiger partial charge < -0.3 is 15.5 Å². The van der Waals surface area contributed by atoms with Crippen molar-refractivity contribution in [3.63, 3.8) is 0 Å². The van der Waals surface area contributed by atoms with Crippen LogP contribution in [0.4, 0.5) is 0 Å². The number of allylic oxidation sites excluding steroid dienone is 9. The van der Waals surface area contributed by atoms with Crippen LogP contribution in [0.15, 0.2) is 60.8 Å². The molecule has 0 aliphatic carbocycles. The van der Waals surface area contributed by atoms with Gasteiger partial charge in [0.2, 0.25) is 5.91 Å². The zero-order valence-corrected chi connectivity index (χ0v) is 33.9. The van der Waals surface area contributed by atoms with Crippen molar-refractivity contribution in [1.29, 1.82) is 0 Å². The second-order valence-corrected chi connectivity index (χ2v) is 14.7. The Hall–Kier alpha value is -1.91.